The van der Waals surface area contributed by atoms with E-state index in [0.29, 0.717) is 29.9 Å². The van der Waals surface area contributed by atoms with E-state index in [4.69, 9.17) is 10.5 Å². The minimum atomic E-state index is -0.950. The molecule has 0 saturated carbocycles. The minimum absolute atomic E-state index is 0.0399. The van der Waals surface area contributed by atoms with Gasteiger partial charge in [0.05, 0.1) is 19.6 Å². The number of ether oxygens (including phenoxy) is 1. The number of hydrogen-bond donors (Lipinski definition) is 4. The van der Waals surface area contributed by atoms with Crippen LogP contribution in [0.2, 0.25) is 0 Å². The lowest BCUT2D eigenvalue weighted by atomic mass is 9.77. The van der Waals surface area contributed by atoms with Crippen LogP contribution in [0.5, 0.6) is 11.5 Å². The smallest absolute Gasteiger partial charge is 0.307 e. The number of fused-ring (bicyclic) bond motifs is 1. The topological polar surface area (TPSA) is 105 Å². The largest absolute Gasteiger partial charge is 0.504 e. The zero-order chi connectivity index (χ0) is 29.9. The summed E-state index contributed by atoms with van der Waals surface area (Å²) >= 11 is 0. The Kier molecular flexibility index (Phi) is 11.4. The second-order valence-corrected chi connectivity index (χ2v) is 9.79. The van der Waals surface area contributed by atoms with E-state index in [1.807, 2.05) is 44.2 Å². The van der Waals surface area contributed by atoms with Gasteiger partial charge >= 0.3 is 5.97 Å². The summed E-state index contributed by atoms with van der Waals surface area (Å²) in [5.74, 6) is -0.564. The van der Waals surface area contributed by atoms with Crippen molar-refractivity contribution in [3.05, 3.63) is 119 Å². The van der Waals surface area contributed by atoms with Gasteiger partial charge in [-0.2, -0.15) is 0 Å². The number of carboxylic acid groups (broad SMARTS) is 1. The van der Waals surface area contributed by atoms with Gasteiger partial charge in [0.25, 0.3) is 0 Å². The van der Waals surface area contributed by atoms with Crippen LogP contribution in [0.1, 0.15) is 78.5 Å². The van der Waals surface area contributed by atoms with Crippen molar-refractivity contribution in [1.82, 2.24) is 0 Å². The van der Waals surface area contributed by atoms with Crippen LogP contribution in [0.15, 0.2) is 85.5 Å². The third kappa shape index (κ3) is 7.47. The number of methoxy groups -OCH3 is 1. The summed E-state index contributed by atoms with van der Waals surface area (Å²) in [7, 11) is 1.51. The fraction of sp³-hybridized carbons (Fsp3) is 0.286. The first-order valence-corrected chi connectivity index (χ1v) is 14.1. The number of carboxylic acids is 1. The Morgan fingerprint density at radius 1 is 1.12 bits per heavy atom. The Balaban J connectivity index is 0.00000226. The van der Waals surface area contributed by atoms with Crippen LogP contribution in [0.25, 0.3) is 5.57 Å². The summed E-state index contributed by atoms with van der Waals surface area (Å²) in [6.45, 7) is 10.3. The molecule has 6 heteroatoms. The summed E-state index contributed by atoms with van der Waals surface area (Å²) in [6, 6.07) is 17.9. The van der Waals surface area contributed by atoms with Crippen molar-refractivity contribution in [1.29, 1.82) is 0 Å². The van der Waals surface area contributed by atoms with Gasteiger partial charge in [0.2, 0.25) is 0 Å². The van der Waals surface area contributed by atoms with E-state index in [9.17, 15) is 15.0 Å². The molecule has 0 saturated heterocycles. The molecular formula is C35H42N2O4. The van der Waals surface area contributed by atoms with E-state index >= 15 is 0 Å². The molecule has 1 aliphatic heterocycles. The van der Waals surface area contributed by atoms with Gasteiger partial charge in [-0.1, -0.05) is 74.5 Å². The van der Waals surface area contributed by atoms with Gasteiger partial charge in [0, 0.05) is 18.2 Å². The minimum Gasteiger partial charge on any atom is -0.504 e. The fourth-order valence-electron chi connectivity index (χ4n) is 5.33. The summed E-state index contributed by atoms with van der Waals surface area (Å²) < 4.78 is 5.48. The van der Waals surface area contributed by atoms with E-state index in [-0.39, 0.29) is 24.1 Å². The number of nitrogens with one attached hydrogen (secondary N) is 1. The Labute approximate surface area is 243 Å². The SMILES string of the molecule is C=CC/C=C\C=C(/CC(=O)O)c1cc(O)c(OC)cc1C1CC(c2ccccc2C)c2cc(CN)ccc2N1.CC. The number of carbonyl (C=O) groups is 1. The number of aryl methyl sites for hydroxylation is 1. The fourth-order valence-corrected chi connectivity index (χ4v) is 5.33. The zero-order valence-electron chi connectivity index (χ0n) is 24.5. The van der Waals surface area contributed by atoms with E-state index in [1.54, 1.807) is 18.2 Å². The molecule has 3 aromatic carbocycles. The second kappa shape index (κ2) is 14.9. The van der Waals surface area contributed by atoms with Gasteiger partial charge in [-0.15, -0.1) is 6.58 Å². The van der Waals surface area contributed by atoms with Crippen molar-refractivity contribution in [3.63, 3.8) is 0 Å². The lowest BCUT2D eigenvalue weighted by molar-refractivity contribution is -0.135. The molecule has 4 rings (SSSR count). The zero-order valence-corrected chi connectivity index (χ0v) is 24.5. The predicted molar refractivity (Wildman–Crippen MR) is 169 cm³/mol. The number of anilines is 1. The predicted octanol–water partition coefficient (Wildman–Crippen LogP) is 7.87. The number of hydrogen-bond acceptors (Lipinski definition) is 5. The Morgan fingerprint density at radius 3 is 2.54 bits per heavy atom. The van der Waals surface area contributed by atoms with E-state index in [0.717, 1.165) is 23.2 Å². The molecule has 216 valence electrons. The van der Waals surface area contributed by atoms with Crippen LogP contribution in [0.4, 0.5) is 5.69 Å². The van der Waals surface area contributed by atoms with E-state index in [2.05, 4.69) is 49.2 Å². The maximum Gasteiger partial charge on any atom is 0.307 e. The quantitative estimate of drug-likeness (QED) is 0.150. The monoisotopic (exact) mass is 554 g/mol. The highest BCUT2D eigenvalue weighted by Crippen LogP contribution is 2.47. The average Bonchev–Trinajstić information content (AvgIpc) is 2.99. The molecule has 0 bridgehead atoms. The van der Waals surface area contributed by atoms with Crippen molar-refractivity contribution in [3.8, 4) is 11.5 Å². The van der Waals surface area contributed by atoms with Crippen LogP contribution in [0.3, 0.4) is 0 Å². The molecular weight excluding hydrogens is 512 g/mol. The van der Waals surface area contributed by atoms with Gasteiger partial charge in [-0.3, -0.25) is 4.79 Å². The normalized spacial score (nSPS) is 16.3. The second-order valence-electron chi connectivity index (χ2n) is 9.79. The van der Waals surface area contributed by atoms with Gasteiger partial charge in [0.1, 0.15) is 0 Å². The van der Waals surface area contributed by atoms with Crippen LogP contribution in [-0.4, -0.2) is 23.3 Å². The number of aliphatic carboxylic acids is 1. The Morgan fingerprint density at radius 2 is 1.88 bits per heavy atom. The number of aromatic hydroxyl groups is 1. The van der Waals surface area contributed by atoms with E-state index in [1.165, 1.54) is 23.8 Å². The summed E-state index contributed by atoms with van der Waals surface area (Å²) in [5, 5.41) is 24.1. The first kappa shape index (κ1) is 31.2. The highest BCUT2D eigenvalue weighted by Gasteiger charge is 2.32. The molecule has 6 nitrogen and oxygen atoms in total. The highest BCUT2D eigenvalue weighted by atomic mass is 16.5. The van der Waals surface area contributed by atoms with Gasteiger partial charge in [-0.25, -0.2) is 0 Å². The van der Waals surface area contributed by atoms with Crippen LogP contribution >= 0.6 is 0 Å². The van der Waals surface area contributed by atoms with Crippen molar-refractivity contribution >= 4 is 17.2 Å². The molecule has 0 spiro atoms. The first-order valence-electron chi connectivity index (χ1n) is 14.1. The van der Waals surface area contributed by atoms with Gasteiger partial charge in [0.15, 0.2) is 11.5 Å². The number of rotatable bonds is 10. The van der Waals surface area contributed by atoms with Gasteiger partial charge < -0.3 is 26.0 Å². The van der Waals surface area contributed by atoms with Crippen molar-refractivity contribution in [2.45, 2.75) is 58.5 Å². The van der Waals surface area contributed by atoms with Gasteiger partial charge in [-0.05, 0) is 76.9 Å². The molecule has 0 amide bonds. The molecule has 5 N–H and O–H groups in total. The highest BCUT2D eigenvalue weighted by molar-refractivity contribution is 5.86. The van der Waals surface area contributed by atoms with Crippen LogP contribution < -0.4 is 15.8 Å². The van der Waals surface area contributed by atoms with Crippen molar-refractivity contribution in [2.24, 2.45) is 5.73 Å². The van der Waals surface area contributed by atoms with Crippen LogP contribution in [-0.2, 0) is 11.3 Å². The number of phenolic OH excluding ortho intramolecular Hbond substituents is 1. The molecule has 0 aliphatic carbocycles. The first-order chi connectivity index (χ1) is 19.9. The van der Waals surface area contributed by atoms with Crippen molar-refractivity contribution < 1.29 is 19.7 Å². The standard InChI is InChI=1S/C33H36N2O4.C2H6/c1-4-5-6-7-11-23(16-33(37)38)25-18-31(36)32(39-3)19-28(25)30-17-26(24-12-9-8-10-21(24)2)27-15-22(20-34)13-14-29(27)35-30;1-2/h4,6-15,18-19,26,30,35-36H,1,5,16-17,20,34H2,2-3H3,(H,37,38);1-2H3/b7-6-,23-11+;. The Bertz CT molecular complexity index is 1420. The van der Waals surface area contributed by atoms with Crippen LogP contribution in [0, 0.1) is 6.92 Å². The lowest BCUT2D eigenvalue weighted by Gasteiger charge is -2.36. The summed E-state index contributed by atoms with van der Waals surface area (Å²) in [4.78, 5) is 11.9. The summed E-state index contributed by atoms with van der Waals surface area (Å²) in [5.41, 5.74) is 13.8. The third-order valence-corrected chi connectivity index (χ3v) is 7.24. The number of nitrogens with two attached hydrogens (primary N) is 1. The molecule has 41 heavy (non-hydrogen) atoms. The molecule has 1 aliphatic rings. The molecule has 2 unspecified atom stereocenters. The molecule has 0 fully saturated rings. The average molecular weight is 555 g/mol. The maximum absolute atomic E-state index is 11.9. The Hall–Kier alpha value is -4.29. The molecule has 0 radical (unpaired) electrons. The molecule has 1 heterocycles. The number of benzene rings is 3. The molecule has 3 aromatic rings. The van der Waals surface area contributed by atoms with E-state index < -0.39 is 5.97 Å². The lowest BCUT2D eigenvalue weighted by Crippen LogP contribution is -2.24. The molecule has 0 aromatic heterocycles. The maximum atomic E-state index is 11.9. The number of phenols is 1. The van der Waals surface area contributed by atoms with Crippen molar-refractivity contribution in [2.75, 3.05) is 12.4 Å². The number of allylic oxidation sites excluding steroid dienone is 4. The molecule has 2 atom stereocenters. The third-order valence-electron chi connectivity index (χ3n) is 7.24. The summed E-state index contributed by atoms with van der Waals surface area (Å²) in [6.07, 6.45) is 8.51.